The van der Waals surface area contributed by atoms with Gasteiger partial charge in [0, 0.05) is 19.3 Å². The van der Waals surface area contributed by atoms with Crippen LogP contribution in [-0.2, 0) is 4.79 Å². The number of carbonyl (C=O) groups is 1. The number of carbonyl (C=O) groups excluding carboxylic acids is 1. The minimum atomic E-state index is -0.00724. The summed E-state index contributed by atoms with van der Waals surface area (Å²) < 4.78 is 0. The summed E-state index contributed by atoms with van der Waals surface area (Å²) in [6, 6.07) is 9.90. The lowest BCUT2D eigenvalue weighted by atomic mass is 10.2. The molecule has 1 aromatic rings. The van der Waals surface area contributed by atoms with Gasteiger partial charge in [-0.3, -0.25) is 4.79 Å². The molecule has 0 saturated heterocycles. The lowest BCUT2D eigenvalue weighted by molar-refractivity contribution is -0.122. The fourth-order valence-corrected chi connectivity index (χ4v) is 1.18. The van der Waals surface area contributed by atoms with E-state index in [0.29, 0.717) is 0 Å². The molecule has 0 fully saturated rings. The average Bonchev–Trinajstić information content (AvgIpc) is 2.26. The van der Waals surface area contributed by atoms with Crippen LogP contribution in [0, 0.1) is 0 Å². The van der Waals surface area contributed by atoms with Gasteiger partial charge in [0.05, 0.1) is 0 Å². The third-order valence-corrected chi connectivity index (χ3v) is 2.05. The van der Waals surface area contributed by atoms with Crippen LogP contribution in [0.1, 0.15) is 19.4 Å². The lowest BCUT2D eigenvalue weighted by Crippen LogP contribution is -2.18. The van der Waals surface area contributed by atoms with Gasteiger partial charge in [0.15, 0.2) is 0 Å². The second kappa shape index (κ2) is 5.91. The standard InChI is InChI=1S/C14H17NO/c1-12(2)11-14(16)15(3)10-9-13-7-5-4-6-8-13/h4-11H,1-3H3. The Balaban J connectivity index is 2.65. The molecule has 0 unspecified atom stereocenters. The van der Waals surface area contributed by atoms with Crippen molar-refractivity contribution in [3.8, 4) is 0 Å². The first-order chi connectivity index (χ1) is 7.59. The van der Waals surface area contributed by atoms with Gasteiger partial charge in [-0.15, -0.1) is 0 Å². The second-order valence-electron chi connectivity index (χ2n) is 3.90. The summed E-state index contributed by atoms with van der Waals surface area (Å²) in [4.78, 5) is 13.1. The van der Waals surface area contributed by atoms with E-state index in [-0.39, 0.29) is 5.91 Å². The number of allylic oxidation sites excluding steroid dienone is 1. The van der Waals surface area contributed by atoms with E-state index in [9.17, 15) is 4.79 Å². The average molecular weight is 215 g/mol. The van der Waals surface area contributed by atoms with E-state index in [4.69, 9.17) is 0 Å². The van der Waals surface area contributed by atoms with E-state index in [0.717, 1.165) is 11.1 Å². The second-order valence-corrected chi connectivity index (χ2v) is 3.90. The largest absolute Gasteiger partial charge is 0.319 e. The highest BCUT2D eigenvalue weighted by Crippen LogP contribution is 2.02. The van der Waals surface area contributed by atoms with Gasteiger partial charge >= 0.3 is 0 Å². The van der Waals surface area contributed by atoms with Crippen LogP contribution in [-0.4, -0.2) is 17.9 Å². The molecule has 0 saturated carbocycles. The zero-order chi connectivity index (χ0) is 12.0. The summed E-state index contributed by atoms with van der Waals surface area (Å²) in [5, 5.41) is 0. The zero-order valence-corrected chi connectivity index (χ0v) is 9.97. The van der Waals surface area contributed by atoms with E-state index in [1.165, 1.54) is 0 Å². The van der Waals surface area contributed by atoms with Crippen molar-refractivity contribution in [2.45, 2.75) is 13.8 Å². The van der Waals surface area contributed by atoms with Crippen molar-refractivity contribution >= 4 is 12.0 Å². The van der Waals surface area contributed by atoms with Crippen molar-refractivity contribution in [3.05, 3.63) is 53.7 Å². The molecule has 16 heavy (non-hydrogen) atoms. The molecular formula is C14H17NO. The maximum atomic E-state index is 11.6. The van der Waals surface area contributed by atoms with Crippen LogP contribution in [0.25, 0.3) is 6.08 Å². The summed E-state index contributed by atoms with van der Waals surface area (Å²) >= 11 is 0. The number of rotatable bonds is 3. The van der Waals surface area contributed by atoms with Crippen molar-refractivity contribution in [1.29, 1.82) is 0 Å². The van der Waals surface area contributed by atoms with Crippen LogP contribution in [0.15, 0.2) is 48.2 Å². The normalized spacial score (nSPS) is 10.2. The van der Waals surface area contributed by atoms with Gasteiger partial charge in [-0.2, -0.15) is 0 Å². The first-order valence-electron chi connectivity index (χ1n) is 5.24. The molecule has 1 rings (SSSR count). The van der Waals surface area contributed by atoms with Gasteiger partial charge in [0.1, 0.15) is 0 Å². The maximum Gasteiger partial charge on any atom is 0.250 e. The van der Waals surface area contributed by atoms with Gasteiger partial charge in [0.2, 0.25) is 5.91 Å². The predicted molar refractivity (Wildman–Crippen MR) is 67.7 cm³/mol. The number of hydrogen-bond donors (Lipinski definition) is 0. The minimum absolute atomic E-state index is 0.00724. The smallest absolute Gasteiger partial charge is 0.250 e. The van der Waals surface area contributed by atoms with Crippen molar-refractivity contribution in [2.24, 2.45) is 0 Å². The van der Waals surface area contributed by atoms with Gasteiger partial charge in [0.25, 0.3) is 0 Å². The zero-order valence-electron chi connectivity index (χ0n) is 9.97. The molecule has 1 amide bonds. The number of likely N-dealkylation sites (N-methyl/N-ethyl adjacent to an activating group) is 1. The van der Waals surface area contributed by atoms with E-state index in [1.807, 2.05) is 50.3 Å². The molecule has 2 heteroatoms. The molecule has 84 valence electrons. The number of amides is 1. The van der Waals surface area contributed by atoms with Gasteiger partial charge < -0.3 is 4.90 Å². The fourth-order valence-electron chi connectivity index (χ4n) is 1.18. The third kappa shape index (κ3) is 4.13. The molecule has 0 aromatic heterocycles. The lowest BCUT2D eigenvalue weighted by Gasteiger charge is -2.08. The minimum Gasteiger partial charge on any atom is -0.319 e. The topological polar surface area (TPSA) is 20.3 Å². The molecule has 0 bridgehead atoms. The highest BCUT2D eigenvalue weighted by atomic mass is 16.2. The van der Waals surface area contributed by atoms with Crippen LogP contribution in [0.5, 0.6) is 0 Å². The Hall–Kier alpha value is -1.83. The summed E-state index contributed by atoms with van der Waals surface area (Å²) in [5.41, 5.74) is 2.09. The van der Waals surface area contributed by atoms with E-state index in [2.05, 4.69) is 0 Å². The molecule has 0 aliphatic rings. The first-order valence-corrected chi connectivity index (χ1v) is 5.24. The molecule has 1 aromatic carbocycles. The molecule has 2 nitrogen and oxygen atoms in total. The molecule has 0 atom stereocenters. The Bertz CT molecular complexity index is 400. The molecule has 0 heterocycles. The third-order valence-electron chi connectivity index (χ3n) is 2.05. The molecule has 0 N–H and O–H groups in total. The highest BCUT2D eigenvalue weighted by Gasteiger charge is 2.00. The van der Waals surface area contributed by atoms with Gasteiger partial charge in [-0.25, -0.2) is 0 Å². The SMILES string of the molecule is CC(C)=CC(=O)N(C)C=Cc1ccccc1. The maximum absolute atomic E-state index is 11.6. The summed E-state index contributed by atoms with van der Waals surface area (Å²) in [6.45, 7) is 3.82. The van der Waals surface area contributed by atoms with E-state index in [1.54, 1.807) is 24.2 Å². The molecule has 0 radical (unpaired) electrons. The van der Waals surface area contributed by atoms with Gasteiger partial charge in [-0.05, 0) is 25.5 Å². The Morgan fingerprint density at radius 1 is 1.19 bits per heavy atom. The molecule has 0 spiro atoms. The van der Waals surface area contributed by atoms with Crippen LogP contribution in [0.2, 0.25) is 0 Å². The molecule has 0 aliphatic heterocycles. The first kappa shape index (κ1) is 12.2. The van der Waals surface area contributed by atoms with E-state index >= 15 is 0 Å². The van der Waals surface area contributed by atoms with Crippen molar-refractivity contribution in [2.75, 3.05) is 7.05 Å². The number of hydrogen-bond acceptors (Lipinski definition) is 1. The Morgan fingerprint density at radius 2 is 1.81 bits per heavy atom. The summed E-state index contributed by atoms with van der Waals surface area (Å²) in [6.07, 6.45) is 5.31. The van der Waals surface area contributed by atoms with Crippen LogP contribution in [0.3, 0.4) is 0 Å². The highest BCUT2D eigenvalue weighted by molar-refractivity contribution is 5.89. The van der Waals surface area contributed by atoms with Crippen molar-refractivity contribution < 1.29 is 4.79 Å². The predicted octanol–water partition coefficient (Wildman–Crippen LogP) is 3.08. The Kier molecular flexibility index (Phi) is 4.52. The van der Waals surface area contributed by atoms with E-state index < -0.39 is 0 Å². The van der Waals surface area contributed by atoms with Crippen molar-refractivity contribution in [3.63, 3.8) is 0 Å². The number of benzene rings is 1. The summed E-state index contributed by atoms with van der Waals surface area (Å²) in [5.74, 6) is -0.00724. The molecule has 0 aliphatic carbocycles. The number of nitrogens with zero attached hydrogens (tertiary/aromatic N) is 1. The van der Waals surface area contributed by atoms with Crippen LogP contribution in [0.4, 0.5) is 0 Å². The van der Waals surface area contributed by atoms with Crippen LogP contribution < -0.4 is 0 Å². The fraction of sp³-hybridized carbons (Fsp3) is 0.214. The quantitative estimate of drug-likeness (QED) is 0.709. The Morgan fingerprint density at radius 3 is 2.38 bits per heavy atom. The van der Waals surface area contributed by atoms with Crippen LogP contribution >= 0.6 is 0 Å². The Labute approximate surface area is 96.9 Å². The van der Waals surface area contributed by atoms with Crippen molar-refractivity contribution in [1.82, 2.24) is 4.90 Å². The monoisotopic (exact) mass is 215 g/mol. The van der Waals surface area contributed by atoms with Gasteiger partial charge in [-0.1, -0.05) is 35.9 Å². The summed E-state index contributed by atoms with van der Waals surface area (Å²) in [7, 11) is 1.75. The molecular weight excluding hydrogens is 198 g/mol.